The third-order valence-electron chi connectivity index (χ3n) is 5.06. The lowest BCUT2D eigenvalue weighted by molar-refractivity contribution is 0.122. The van der Waals surface area contributed by atoms with Crippen molar-refractivity contribution in [2.24, 2.45) is 0 Å². The summed E-state index contributed by atoms with van der Waals surface area (Å²) in [5.74, 6) is 0.820. The number of hydrogen-bond acceptors (Lipinski definition) is 5. The predicted molar refractivity (Wildman–Crippen MR) is 106 cm³/mol. The number of thiophene rings is 1. The standard InChI is InChI=1S/C19H18BrN3OS/c20-15-11-25-18-16(14-6-2-4-12-3-1-5-13(12)14)21-19(22-17(15)18)23-7-9-24-10-8-23/h2,4,6,11H,1,3,5,7-10H2. The summed E-state index contributed by atoms with van der Waals surface area (Å²) in [6, 6.07) is 6.66. The van der Waals surface area contributed by atoms with E-state index in [0.717, 1.165) is 54.4 Å². The van der Waals surface area contributed by atoms with E-state index in [0.29, 0.717) is 0 Å². The van der Waals surface area contributed by atoms with Crippen molar-refractivity contribution in [3.8, 4) is 11.3 Å². The van der Waals surface area contributed by atoms with E-state index in [2.05, 4.69) is 44.4 Å². The van der Waals surface area contributed by atoms with Gasteiger partial charge in [-0.1, -0.05) is 18.2 Å². The molecule has 0 bridgehead atoms. The fourth-order valence-electron chi connectivity index (χ4n) is 3.81. The average molecular weight is 416 g/mol. The quantitative estimate of drug-likeness (QED) is 0.619. The molecule has 4 nitrogen and oxygen atoms in total. The topological polar surface area (TPSA) is 38.2 Å². The molecule has 0 saturated carbocycles. The van der Waals surface area contributed by atoms with Crippen LogP contribution in [0.3, 0.4) is 0 Å². The van der Waals surface area contributed by atoms with Gasteiger partial charge in [0.2, 0.25) is 5.95 Å². The minimum absolute atomic E-state index is 0.738. The summed E-state index contributed by atoms with van der Waals surface area (Å²) >= 11 is 5.39. The summed E-state index contributed by atoms with van der Waals surface area (Å²) < 4.78 is 7.71. The third-order valence-corrected chi connectivity index (χ3v) is 6.94. The van der Waals surface area contributed by atoms with Crippen molar-refractivity contribution in [2.75, 3.05) is 31.2 Å². The number of nitrogens with zero attached hydrogens (tertiary/aromatic N) is 3. The molecule has 3 heterocycles. The van der Waals surface area contributed by atoms with Crippen LogP contribution in [-0.2, 0) is 17.6 Å². The first kappa shape index (κ1) is 15.7. The predicted octanol–water partition coefficient (Wildman–Crippen LogP) is 4.45. The largest absolute Gasteiger partial charge is 0.378 e. The molecule has 5 rings (SSSR count). The molecule has 2 aromatic heterocycles. The normalized spacial score (nSPS) is 17.2. The molecule has 0 spiro atoms. The van der Waals surface area contributed by atoms with Gasteiger partial charge in [-0.2, -0.15) is 0 Å². The molecule has 0 unspecified atom stereocenters. The SMILES string of the molecule is Brc1csc2c(-c3cccc4c3CCC4)nc(N3CCOCC3)nc12. The Morgan fingerprint density at radius 2 is 2.00 bits per heavy atom. The fraction of sp³-hybridized carbons (Fsp3) is 0.368. The van der Waals surface area contributed by atoms with Crippen LogP contribution in [0.15, 0.2) is 28.1 Å². The van der Waals surface area contributed by atoms with Crippen LogP contribution in [-0.4, -0.2) is 36.3 Å². The lowest BCUT2D eigenvalue weighted by Gasteiger charge is -2.27. The molecule has 1 aliphatic carbocycles. The number of aryl methyl sites for hydroxylation is 1. The van der Waals surface area contributed by atoms with Gasteiger partial charge in [-0.3, -0.25) is 0 Å². The van der Waals surface area contributed by atoms with Crippen LogP contribution in [0.4, 0.5) is 5.95 Å². The van der Waals surface area contributed by atoms with Gasteiger partial charge in [0.15, 0.2) is 0 Å². The average Bonchev–Trinajstić information content (AvgIpc) is 3.28. The smallest absolute Gasteiger partial charge is 0.226 e. The van der Waals surface area contributed by atoms with E-state index in [-0.39, 0.29) is 0 Å². The third kappa shape index (κ3) is 2.67. The zero-order chi connectivity index (χ0) is 16.8. The maximum Gasteiger partial charge on any atom is 0.226 e. The van der Waals surface area contributed by atoms with E-state index in [1.807, 2.05) is 0 Å². The Bertz CT molecular complexity index is 949. The second-order valence-electron chi connectivity index (χ2n) is 6.53. The van der Waals surface area contributed by atoms with Crippen molar-refractivity contribution >= 4 is 43.4 Å². The van der Waals surface area contributed by atoms with Gasteiger partial charge in [0.05, 0.1) is 28.1 Å². The van der Waals surface area contributed by atoms with Crippen LogP contribution < -0.4 is 4.90 Å². The minimum Gasteiger partial charge on any atom is -0.378 e. The van der Waals surface area contributed by atoms with E-state index in [1.165, 1.54) is 34.2 Å². The molecule has 1 fully saturated rings. The molecule has 6 heteroatoms. The Morgan fingerprint density at radius 3 is 2.88 bits per heavy atom. The van der Waals surface area contributed by atoms with Gasteiger partial charge >= 0.3 is 0 Å². The number of hydrogen-bond donors (Lipinski definition) is 0. The molecular weight excluding hydrogens is 398 g/mol. The van der Waals surface area contributed by atoms with E-state index in [4.69, 9.17) is 14.7 Å². The molecule has 2 aliphatic rings. The summed E-state index contributed by atoms with van der Waals surface area (Å²) in [6.45, 7) is 3.17. The van der Waals surface area contributed by atoms with Crippen molar-refractivity contribution in [1.29, 1.82) is 0 Å². The van der Waals surface area contributed by atoms with Crippen LogP contribution in [0.2, 0.25) is 0 Å². The Labute approximate surface area is 159 Å². The molecule has 0 N–H and O–H groups in total. The van der Waals surface area contributed by atoms with Gasteiger partial charge in [-0.15, -0.1) is 11.3 Å². The van der Waals surface area contributed by atoms with Crippen LogP contribution in [0.25, 0.3) is 21.5 Å². The number of aromatic nitrogens is 2. The number of rotatable bonds is 2. The monoisotopic (exact) mass is 415 g/mol. The molecule has 25 heavy (non-hydrogen) atoms. The minimum atomic E-state index is 0.738. The molecule has 0 amide bonds. The fourth-order valence-corrected chi connectivity index (χ4v) is 5.37. The molecule has 0 atom stereocenters. The Hall–Kier alpha value is -1.50. The van der Waals surface area contributed by atoms with Crippen molar-refractivity contribution in [2.45, 2.75) is 19.3 Å². The van der Waals surface area contributed by atoms with Crippen molar-refractivity contribution in [3.05, 3.63) is 39.2 Å². The maximum atomic E-state index is 5.49. The van der Waals surface area contributed by atoms with E-state index in [9.17, 15) is 0 Å². The van der Waals surface area contributed by atoms with Crippen molar-refractivity contribution in [1.82, 2.24) is 9.97 Å². The summed E-state index contributed by atoms with van der Waals surface area (Å²) in [4.78, 5) is 12.1. The molecule has 128 valence electrons. The lowest BCUT2D eigenvalue weighted by atomic mass is 10.0. The Kier molecular flexibility index (Phi) is 3.99. The second kappa shape index (κ2) is 6.34. The first-order chi connectivity index (χ1) is 12.3. The zero-order valence-electron chi connectivity index (χ0n) is 13.8. The number of morpholine rings is 1. The molecular formula is C19H18BrN3OS. The number of fused-ring (bicyclic) bond motifs is 2. The number of anilines is 1. The van der Waals surface area contributed by atoms with Crippen molar-refractivity contribution in [3.63, 3.8) is 0 Å². The molecule has 1 aliphatic heterocycles. The highest BCUT2D eigenvalue weighted by Gasteiger charge is 2.22. The highest BCUT2D eigenvalue weighted by atomic mass is 79.9. The Balaban J connectivity index is 1.73. The first-order valence-corrected chi connectivity index (χ1v) is 10.4. The second-order valence-corrected chi connectivity index (χ2v) is 8.26. The van der Waals surface area contributed by atoms with Gasteiger partial charge in [-0.05, 0) is 46.3 Å². The summed E-state index contributed by atoms with van der Waals surface area (Å²) in [5.41, 5.74) is 6.34. The van der Waals surface area contributed by atoms with Gasteiger partial charge in [0.25, 0.3) is 0 Å². The van der Waals surface area contributed by atoms with Crippen LogP contribution in [0, 0.1) is 0 Å². The highest BCUT2D eigenvalue weighted by Crippen LogP contribution is 2.40. The maximum absolute atomic E-state index is 5.49. The zero-order valence-corrected chi connectivity index (χ0v) is 16.2. The first-order valence-electron chi connectivity index (χ1n) is 8.70. The van der Waals surface area contributed by atoms with E-state index >= 15 is 0 Å². The molecule has 0 radical (unpaired) electrons. The van der Waals surface area contributed by atoms with Crippen LogP contribution in [0.1, 0.15) is 17.5 Å². The number of benzene rings is 1. The van der Waals surface area contributed by atoms with Gasteiger partial charge < -0.3 is 9.64 Å². The van der Waals surface area contributed by atoms with Crippen LogP contribution in [0.5, 0.6) is 0 Å². The van der Waals surface area contributed by atoms with Gasteiger partial charge in [-0.25, -0.2) is 9.97 Å². The summed E-state index contributed by atoms with van der Waals surface area (Å²) in [5, 5.41) is 2.12. The number of halogens is 1. The lowest BCUT2D eigenvalue weighted by Crippen LogP contribution is -2.37. The summed E-state index contributed by atoms with van der Waals surface area (Å²) in [6.07, 6.45) is 3.57. The van der Waals surface area contributed by atoms with Gasteiger partial charge in [0, 0.05) is 24.0 Å². The van der Waals surface area contributed by atoms with E-state index < -0.39 is 0 Å². The van der Waals surface area contributed by atoms with Gasteiger partial charge in [0.1, 0.15) is 5.52 Å². The molecule has 1 aromatic carbocycles. The molecule has 1 saturated heterocycles. The number of ether oxygens (including phenoxy) is 1. The van der Waals surface area contributed by atoms with Crippen molar-refractivity contribution < 1.29 is 4.74 Å². The van der Waals surface area contributed by atoms with Crippen LogP contribution >= 0.6 is 27.3 Å². The molecule has 3 aromatic rings. The summed E-state index contributed by atoms with van der Waals surface area (Å²) in [7, 11) is 0. The Morgan fingerprint density at radius 1 is 1.12 bits per heavy atom. The highest BCUT2D eigenvalue weighted by molar-refractivity contribution is 9.10. The van der Waals surface area contributed by atoms with E-state index in [1.54, 1.807) is 11.3 Å².